The Kier molecular flexibility index (Phi) is 4.71. The van der Waals surface area contributed by atoms with Crippen molar-refractivity contribution in [3.05, 3.63) is 24.3 Å². The quantitative estimate of drug-likeness (QED) is 0.879. The van der Waals surface area contributed by atoms with E-state index in [2.05, 4.69) is 41.2 Å². The summed E-state index contributed by atoms with van der Waals surface area (Å²) in [6.07, 6.45) is 5.82. The number of aromatic nitrogens is 4. The van der Waals surface area contributed by atoms with Crippen molar-refractivity contribution in [3.63, 3.8) is 0 Å². The molecule has 0 aromatic carbocycles. The van der Waals surface area contributed by atoms with E-state index in [0.29, 0.717) is 5.92 Å². The van der Waals surface area contributed by atoms with Gasteiger partial charge in [-0.05, 0) is 19.3 Å². The second-order valence-electron chi connectivity index (χ2n) is 5.42. The molecule has 0 fully saturated rings. The zero-order valence-corrected chi connectivity index (χ0v) is 12.7. The number of hydrogen-bond donors (Lipinski definition) is 1. The van der Waals surface area contributed by atoms with E-state index in [1.165, 1.54) is 0 Å². The topological polar surface area (TPSA) is 55.6 Å². The van der Waals surface area contributed by atoms with Gasteiger partial charge in [0.15, 0.2) is 0 Å². The van der Waals surface area contributed by atoms with Crippen LogP contribution in [0, 0.1) is 5.92 Å². The third-order valence-corrected chi connectivity index (χ3v) is 3.08. The van der Waals surface area contributed by atoms with Crippen LogP contribution in [0.25, 0.3) is 11.3 Å². The lowest BCUT2D eigenvalue weighted by atomic mass is 10.1. The summed E-state index contributed by atoms with van der Waals surface area (Å²) in [7, 11) is 1.91. The molecular formula is C15H23N5. The Morgan fingerprint density at radius 2 is 2.10 bits per heavy atom. The predicted molar refractivity (Wildman–Crippen MR) is 81.6 cm³/mol. The molecule has 0 amide bonds. The average molecular weight is 273 g/mol. The first-order valence-electron chi connectivity index (χ1n) is 7.19. The van der Waals surface area contributed by atoms with Gasteiger partial charge in [0.25, 0.3) is 0 Å². The monoisotopic (exact) mass is 273 g/mol. The Hall–Kier alpha value is -1.91. The molecule has 0 atom stereocenters. The van der Waals surface area contributed by atoms with E-state index >= 15 is 0 Å². The van der Waals surface area contributed by atoms with E-state index in [4.69, 9.17) is 0 Å². The smallest absolute Gasteiger partial charge is 0.131 e. The van der Waals surface area contributed by atoms with Gasteiger partial charge < -0.3 is 5.32 Å². The maximum atomic E-state index is 4.67. The number of rotatable bonds is 6. The molecule has 108 valence electrons. The van der Waals surface area contributed by atoms with Gasteiger partial charge in [0.05, 0.1) is 11.9 Å². The summed E-state index contributed by atoms with van der Waals surface area (Å²) in [5, 5.41) is 7.48. The van der Waals surface area contributed by atoms with Gasteiger partial charge in [-0.15, -0.1) is 0 Å². The lowest BCUT2D eigenvalue weighted by Crippen LogP contribution is -2.05. The molecule has 1 N–H and O–H groups in total. The highest BCUT2D eigenvalue weighted by molar-refractivity contribution is 5.60. The van der Waals surface area contributed by atoms with Crippen LogP contribution < -0.4 is 5.32 Å². The van der Waals surface area contributed by atoms with E-state index in [-0.39, 0.29) is 0 Å². The minimum Gasteiger partial charge on any atom is -0.370 e. The molecule has 2 aromatic heterocycles. The van der Waals surface area contributed by atoms with Gasteiger partial charge in [-0.2, -0.15) is 5.10 Å². The van der Waals surface area contributed by atoms with Crippen LogP contribution in [0.1, 0.15) is 33.0 Å². The first-order chi connectivity index (χ1) is 9.58. The summed E-state index contributed by atoms with van der Waals surface area (Å²) < 4.78 is 1.79. The minimum absolute atomic E-state index is 0.656. The molecule has 0 saturated carbocycles. The minimum atomic E-state index is 0.656. The summed E-state index contributed by atoms with van der Waals surface area (Å²) in [6.45, 7) is 7.36. The molecule has 0 unspecified atom stereocenters. The predicted octanol–water partition coefficient (Wildman–Crippen LogP) is 2.90. The molecule has 0 aliphatic heterocycles. The van der Waals surface area contributed by atoms with Gasteiger partial charge in [-0.1, -0.05) is 13.8 Å². The fraction of sp³-hybridized carbons (Fsp3) is 0.533. The summed E-state index contributed by atoms with van der Waals surface area (Å²) in [5.74, 6) is 2.44. The van der Waals surface area contributed by atoms with Crippen molar-refractivity contribution >= 4 is 5.82 Å². The lowest BCUT2D eigenvalue weighted by Gasteiger charge is -2.09. The third-order valence-electron chi connectivity index (χ3n) is 3.08. The van der Waals surface area contributed by atoms with Gasteiger partial charge in [-0.25, -0.2) is 9.97 Å². The maximum absolute atomic E-state index is 4.67. The average Bonchev–Trinajstić information content (AvgIpc) is 2.83. The number of hydrogen-bond acceptors (Lipinski definition) is 4. The molecule has 2 heterocycles. The van der Waals surface area contributed by atoms with E-state index < -0.39 is 0 Å². The van der Waals surface area contributed by atoms with E-state index in [1.807, 2.05) is 25.5 Å². The van der Waals surface area contributed by atoms with Crippen LogP contribution in [0.5, 0.6) is 0 Å². The summed E-state index contributed by atoms with van der Waals surface area (Å²) in [6, 6.07) is 1.99. The normalized spacial score (nSPS) is 11.1. The fourth-order valence-electron chi connectivity index (χ4n) is 2.00. The second-order valence-corrected chi connectivity index (χ2v) is 5.42. The first-order valence-corrected chi connectivity index (χ1v) is 7.19. The van der Waals surface area contributed by atoms with Crippen molar-refractivity contribution in [2.45, 2.75) is 33.6 Å². The van der Waals surface area contributed by atoms with Crippen LogP contribution >= 0.6 is 0 Å². The molecule has 0 aliphatic rings. The molecule has 0 bridgehead atoms. The third kappa shape index (κ3) is 3.79. The highest BCUT2D eigenvalue weighted by Gasteiger charge is 2.08. The molecule has 5 heteroatoms. The van der Waals surface area contributed by atoms with Crippen molar-refractivity contribution in [3.8, 4) is 11.3 Å². The van der Waals surface area contributed by atoms with Gasteiger partial charge in [0.1, 0.15) is 11.6 Å². The van der Waals surface area contributed by atoms with Crippen LogP contribution in [0.4, 0.5) is 5.82 Å². The molecule has 0 spiro atoms. The number of nitrogens with zero attached hydrogens (tertiary/aromatic N) is 4. The Balaban J connectivity index is 2.30. The fourth-order valence-corrected chi connectivity index (χ4v) is 2.00. The number of anilines is 1. The van der Waals surface area contributed by atoms with Gasteiger partial charge in [0, 0.05) is 37.8 Å². The Morgan fingerprint density at radius 3 is 2.70 bits per heavy atom. The summed E-state index contributed by atoms with van der Waals surface area (Å²) in [5.41, 5.74) is 1.96. The summed E-state index contributed by atoms with van der Waals surface area (Å²) >= 11 is 0. The highest BCUT2D eigenvalue weighted by atomic mass is 15.2. The molecule has 2 aromatic rings. The molecule has 0 aliphatic carbocycles. The Labute approximate surface area is 120 Å². The Morgan fingerprint density at radius 1 is 1.30 bits per heavy atom. The van der Waals surface area contributed by atoms with Crippen molar-refractivity contribution in [2.24, 2.45) is 13.0 Å². The van der Waals surface area contributed by atoms with Gasteiger partial charge >= 0.3 is 0 Å². The molecule has 20 heavy (non-hydrogen) atoms. The van der Waals surface area contributed by atoms with Crippen molar-refractivity contribution in [1.29, 1.82) is 0 Å². The largest absolute Gasteiger partial charge is 0.370 e. The van der Waals surface area contributed by atoms with Crippen LogP contribution in [0.3, 0.4) is 0 Å². The number of nitrogens with one attached hydrogen (secondary N) is 1. The molecular weight excluding hydrogens is 250 g/mol. The molecule has 0 saturated heterocycles. The molecule has 5 nitrogen and oxygen atoms in total. The van der Waals surface area contributed by atoms with Crippen LogP contribution in [-0.4, -0.2) is 26.3 Å². The van der Waals surface area contributed by atoms with Crippen molar-refractivity contribution < 1.29 is 0 Å². The standard InChI is InChI=1S/C15H23N5/c1-5-16-15-8-13(12-9-17-20(4)10-12)18-14(19-15)7-6-11(2)3/h8-11H,5-7H2,1-4H3,(H,16,18,19). The van der Waals surface area contributed by atoms with Crippen LogP contribution in [0.2, 0.25) is 0 Å². The SMILES string of the molecule is CCNc1cc(-c2cnn(C)c2)nc(CCC(C)C)n1. The highest BCUT2D eigenvalue weighted by Crippen LogP contribution is 2.20. The van der Waals surface area contributed by atoms with Gasteiger partial charge in [-0.3, -0.25) is 4.68 Å². The van der Waals surface area contributed by atoms with E-state index in [1.54, 1.807) is 4.68 Å². The van der Waals surface area contributed by atoms with E-state index in [9.17, 15) is 0 Å². The first kappa shape index (κ1) is 14.5. The second kappa shape index (κ2) is 6.50. The zero-order chi connectivity index (χ0) is 14.5. The lowest BCUT2D eigenvalue weighted by molar-refractivity contribution is 0.575. The zero-order valence-electron chi connectivity index (χ0n) is 12.7. The Bertz CT molecular complexity index is 559. The van der Waals surface area contributed by atoms with Crippen LogP contribution in [-0.2, 0) is 13.5 Å². The summed E-state index contributed by atoms with van der Waals surface area (Å²) in [4.78, 5) is 9.24. The van der Waals surface area contributed by atoms with Crippen LogP contribution in [0.15, 0.2) is 18.5 Å². The maximum Gasteiger partial charge on any atom is 0.131 e. The van der Waals surface area contributed by atoms with Crippen molar-refractivity contribution in [1.82, 2.24) is 19.7 Å². The number of aryl methyl sites for hydroxylation is 2. The van der Waals surface area contributed by atoms with Crippen molar-refractivity contribution in [2.75, 3.05) is 11.9 Å². The van der Waals surface area contributed by atoms with E-state index in [0.717, 1.165) is 42.3 Å². The molecule has 2 rings (SSSR count). The van der Waals surface area contributed by atoms with Gasteiger partial charge in [0.2, 0.25) is 0 Å². The molecule has 0 radical (unpaired) electrons.